The minimum absolute atomic E-state index is 0.0400. The SMILES string of the molecule is CC(C)(C)Nc1cnnc(N2CCN(Cc3ccccc3)CC2)n1. The molecule has 0 atom stereocenters. The highest BCUT2D eigenvalue weighted by Crippen LogP contribution is 2.16. The number of hydrogen-bond acceptors (Lipinski definition) is 6. The minimum Gasteiger partial charge on any atom is -0.364 e. The van der Waals surface area contributed by atoms with Gasteiger partial charge in [-0.15, -0.1) is 5.10 Å². The van der Waals surface area contributed by atoms with E-state index in [0.29, 0.717) is 5.95 Å². The van der Waals surface area contributed by atoms with E-state index in [1.54, 1.807) is 6.20 Å². The van der Waals surface area contributed by atoms with Crippen molar-refractivity contribution in [1.29, 1.82) is 0 Å². The molecule has 2 heterocycles. The second-order valence-corrected chi connectivity index (χ2v) is 7.27. The molecule has 0 aliphatic carbocycles. The molecule has 1 aromatic heterocycles. The molecule has 1 aliphatic rings. The van der Waals surface area contributed by atoms with Crippen molar-refractivity contribution in [2.24, 2.45) is 0 Å². The van der Waals surface area contributed by atoms with Crippen LogP contribution in [0.3, 0.4) is 0 Å². The number of piperazine rings is 1. The number of nitrogens with one attached hydrogen (secondary N) is 1. The Morgan fingerprint density at radius 3 is 2.42 bits per heavy atom. The van der Waals surface area contributed by atoms with Crippen LogP contribution in [0.15, 0.2) is 36.5 Å². The molecule has 0 radical (unpaired) electrons. The molecule has 0 unspecified atom stereocenters. The molecule has 3 rings (SSSR count). The van der Waals surface area contributed by atoms with Crippen molar-refractivity contribution in [2.45, 2.75) is 32.9 Å². The lowest BCUT2D eigenvalue weighted by molar-refractivity contribution is 0.248. The third-order valence-corrected chi connectivity index (χ3v) is 3.95. The van der Waals surface area contributed by atoms with Gasteiger partial charge in [-0.05, 0) is 26.3 Å². The Kier molecular flexibility index (Phi) is 4.94. The van der Waals surface area contributed by atoms with Crippen LogP contribution in [0, 0.1) is 0 Å². The highest BCUT2D eigenvalue weighted by atomic mass is 15.4. The van der Waals surface area contributed by atoms with Gasteiger partial charge < -0.3 is 10.2 Å². The molecule has 24 heavy (non-hydrogen) atoms. The van der Waals surface area contributed by atoms with Crippen LogP contribution in [0.4, 0.5) is 11.8 Å². The molecule has 6 nitrogen and oxygen atoms in total. The highest BCUT2D eigenvalue weighted by Gasteiger charge is 2.20. The predicted molar refractivity (Wildman–Crippen MR) is 97.1 cm³/mol. The van der Waals surface area contributed by atoms with Gasteiger partial charge in [0.15, 0.2) is 5.82 Å². The first kappa shape index (κ1) is 16.6. The fourth-order valence-electron chi connectivity index (χ4n) is 2.82. The third-order valence-electron chi connectivity index (χ3n) is 3.95. The van der Waals surface area contributed by atoms with Crippen molar-refractivity contribution in [2.75, 3.05) is 36.4 Å². The third kappa shape index (κ3) is 4.64. The van der Waals surface area contributed by atoms with Crippen LogP contribution in [0.5, 0.6) is 0 Å². The second-order valence-electron chi connectivity index (χ2n) is 7.27. The maximum Gasteiger partial charge on any atom is 0.247 e. The van der Waals surface area contributed by atoms with Gasteiger partial charge >= 0.3 is 0 Å². The monoisotopic (exact) mass is 326 g/mol. The summed E-state index contributed by atoms with van der Waals surface area (Å²) in [7, 11) is 0. The number of hydrogen-bond donors (Lipinski definition) is 1. The van der Waals surface area contributed by atoms with Crippen molar-refractivity contribution < 1.29 is 0 Å². The predicted octanol–water partition coefficient (Wildman–Crippen LogP) is 2.40. The van der Waals surface area contributed by atoms with Crippen LogP contribution in [-0.2, 0) is 6.54 Å². The average molecular weight is 326 g/mol. The molecule has 0 spiro atoms. The summed E-state index contributed by atoms with van der Waals surface area (Å²) in [6.07, 6.45) is 1.68. The number of rotatable bonds is 4. The van der Waals surface area contributed by atoms with E-state index in [9.17, 15) is 0 Å². The Balaban J connectivity index is 1.57. The maximum atomic E-state index is 4.61. The van der Waals surface area contributed by atoms with Gasteiger partial charge in [-0.3, -0.25) is 4.90 Å². The van der Waals surface area contributed by atoms with Gasteiger partial charge in [0.05, 0.1) is 6.20 Å². The summed E-state index contributed by atoms with van der Waals surface area (Å²) in [6, 6.07) is 10.6. The van der Waals surface area contributed by atoms with E-state index in [2.05, 4.69) is 81.4 Å². The van der Waals surface area contributed by atoms with Crippen molar-refractivity contribution in [3.8, 4) is 0 Å². The molecule has 128 valence electrons. The van der Waals surface area contributed by atoms with Gasteiger partial charge in [0.25, 0.3) is 0 Å². The molecule has 1 aliphatic heterocycles. The Morgan fingerprint density at radius 1 is 1.04 bits per heavy atom. The summed E-state index contributed by atoms with van der Waals surface area (Å²) in [5.74, 6) is 1.49. The number of aromatic nitrogens is 3. The molecule has 2 aromatic rings. The zero-order valence-electron chi connectivity index (χ0n) is 14.7. The smallest absolute Gasteiger partial charge is 0.247 e. The molecule has 1 saturated heterocycles. The average Bonchev–Trinajstić information content (AvgIpc) is 2.55. The molecule has 1 N–H and O–H groups in total. The standard InChI is InChI=1S/C18H26N6/c1-18(2,3)21-16-13-19-22-17(20-16)24-11-9-23(10-12-24)14-15-7-5-4-6-8-15/h4-8,13H,9-12,14H2,1-3H3,(H,20,21,22). The molecule has 1 fully saturated rings. The summed E-state index contributed by atoms with van der Waals surface area (Å²) in [4.78, 5) is 9.29. The van der Waals surface area contributed by atoms with E-state index < -0.39 is 0 Å². The maximum absolute atomic E-state index is 4.61. The summed E-state index contributed by atoms with van der Waals surface area (Å²) in [5.41, 5.74) is 1.32. The highest BCUT2D eigenvalue weighted by molar-refractivity contribution is 5.40. The lowest BCUT2D eigenvalue weighted by atomic mass is 10.1. The lowest BCUT2D eigenvalue weighted by Crippen LogP contribution is -2.46. The summed E-state index contributed by atoms with van der Waals surface area (Å²) in [5, 5.41) is 11.7. The van der Waals surface area contributed by atoms with Crippen LogP contribution in [-0.4, -0.2) is 51.8 Å². The first-order valence-corrected chi connectivity index (χ1v) is 8.49. The van der Waals surface area contributed by atoms with E-state index in [1.165, 1.54) is 5.56 Å². The molecule has 1 aromatic carbocycles. The van der Waals surface area contributed by atoms with Crippen molar-refractivity contribution >= 4 is 11.8 Å². The number of anilines is 2. The number of benzene rings is 1. The van der Waals surface area contributed by atoms with Crippen molar-refractivity contribution in [3.05, 3.63) is 42.1 Å². The largest absolute Gasteiger partial charge is 0.364 e. The zero-order valence-corrected chi connectivity index (χ0v) is 14.7. The molecule has 0 amide bonds. The van der Waals surface area contributed by atoms with Gasteiger partial charge in [-0.25, -0.2) is 0 Å². The van der Waals surface area contributed by atoms with Gasteiger partial charge in [0.2, 0.25) is 5.95 Å². The normalized spacial score (nSPS) is 16.2. The molecular weight excluding hydrogens is 300 g/mol. The van der Waals surface area contributed by atoms with Crippen LogP contribution in [0.25, 0.3) is 0 Å². The van der Waals surface area contributed by atoms with Gasteiger partial charge in [-0.2, -0.15) is 10.1 Å². The lowest BCUT2D eigenvalue weighted by Gasteiger charge is -2.34. The summed E-state index contributed by atoms with van der Waals surface area (Å²) in [6.45, 7) is 11.2. The van der Waals surface area contributed by atoms with Gasteiger partial charge in [0, 0.05) is 38.3 Å². The van der Waals surface area contributed by atoms with E-state index in [0.717, 1.165) is 38.5 Å². The Hall–Kier alpha value is -2.21. The van der Waals surface area contributed by atoms with Crippen LogP contribution in [0.1, 0.15) is 26.3 Å². The Morgan fingerprint density at radius 2 is 1.75 bits per heavy atom. The number of nitrogens with zero attached hydrogens (tertiary/aromatic N) is 5. The fourth-order valence-corrected chi connectivity index (χ4v) is 2.82. The van der Waals surface area contributed by atoms with Gasteiger partial charge in [0.1, 0.15) is 0 Å². The Bertz CT molecular complexity index is 644. The van der Waals surface area contributed by atoms with Crippen LogP contribution in [0.2, 0.25) is 0 Å². The van der Waals surface area contributed by atoms with E-state index in [-0.39, 0.29) is 5.54 Å². The molecule has 6 heteroatoms. The topological polar surface area (TPSA) is 57.2 Å². The van der Waals surface area contributed by atoms with Crippen LogP contribution >= 0.6 is 0 Å². The van der Waals surface area contributed by atoms with Crippen molar-refractivity contribution in [1.82, 2.24) is 20.1 Å². The summed E-state index contributed by atoms with van der Waals surface area (Å²) < 4.78 is 0. The molecule has 0 saturated carbocycles. The second kappa shape index (κ2) is 7.13. The van der Waals surface area contributed by atoms with Crippen molar-refractivity contribution in [3.63, 3.8) is 0 Å². The van der Waals surface area contributed by atoms with Crippen LogP contribution < -0.4 is 10.2 Å². The zero-order chi connectivity index (χ0) is 17.0. The first-order chi connectivity index (χ1) is 11.5. The molecular formula is C18H26N6. The Labute approximate surface area is 143 Å². The minimum atomic E-state index is -0.0400. The summed E-state index contributed by atoms with van der Waals surface area (Å²) >= 11 is 0. The van der Waals surface area contributed by atoms with E-state index >= 15 is 0 Å². The van der Waals surface area contributed by atoms with E-state index in [4.69, 9.17) is 0 Å². The van der Waals surface area contributed by atoms with E-state index in [1.807, 2.05) is 0 Å². The fraction of sp³-hybridized carbons (Fsp3) is 0.500. The first-order valence-electron chi connectivity index (χ1n) is 8.49. The quantitative estimate of drug-likeness (QED) is 0.931. The molecule has 0 bridgehead atoms. The van der Waals surface area contributed by atoms with Gasteiger partial charge in [-0.1, -0.05) is 30.3 Å².